The second kappa shape index (κ2) is 10.7. The van der Waals surface area contributed by atoms with Gasteiger partial charge in [-0.25, -0.2) is 4.39 Å². The first-order chi connectivity index (χ1) is 15.5. The van der Waals surface area contributed by atoms with Gasteiger partial charge in [-0.15, -0.1) is 0 Å². The van der Waals surface area contributed by atoms with Gasteiger partial charge in [-0.1, -0.05) is 18.2 Å². The molecule has 0 N–H and O–H groups in total. The first-order valence-corrected chi connectivity index (χ1v) is 10.4. The summed E-state index contributed by atoms with van der Waals surface area (Å²) in [4.78, 5) is 0. The van der Waals surface area contributed by atoms with Crippen LogP contribution in [-0.2, 0) is 6.61 Å². The minimum Gasteiger partial charge on any atom is -0.493 e. The van der Waals surface area contributed by atoms with E-state index in [0.29, 0.717) is 44.2 Å². The largest absolute Gasteiger partial charge is 0.493 e. The van der Waals surface area contributed by atoms with Crippen molar-refractivity contribution in [2.75, 3.05) is 21.3 Å². The number of hydrogen-bond donors (Lipinski definition) is 0. The zero-order valence-electron chi connectivity index (χ0n) is 17.8. The van der Waals surface area contributed by atoms with Crippen molar-refractivity contribution < 1.29 is 23.3 Å². The van der Waals surface area contributed by atoms with Crippen LogP contribution in [0.3, 0.4) is 0 Å². The molecule has 7 heteroatoms. The topological polar surface area (TPSA) is 60.7 Å². The number of ether oxygens (including phenoxy) is 4. The van der Waals surface area contributed by atoms with Crippen molar-refractivity contribution in [1.82, 2.24) is 0 Å². The third kappa shape index (κ3) is 5.21. The van der Waals surface area contributed by atoms with Gasteiger partial charge < -0.3 is 18.9 Å². The minimum atomic E-state index is -0.337. The molecular formula is C25H21BrFNO4. The van der Waals surface area contributed by atoms with Crippen LogP contribution in [0.1, 0.15) is 16.7 Å². The summed E-state index contributed by atoms with van der Waals surface area (Å²) in [7, 11) is 4.61. The Hall–Kier alpha value is -3.50. The zero-order chi connectivity index (χ0) is 23.1. The number of hydrogen-bond acceptors (Lipinski definition) is 5. The van der Waals surface area contributed by atoms with Crippen LogP contribution in [0.4, 0.5) is 4.39 Å². The molecule has 0 unspecified atom stereocenters. The Balaban J connectivity index is 1.93. The van der Waals surface area contributed by atoms with E-state index in [4.69, 9.17) is 18.9 Å². The molecule has 0 aliphatic carbocycles. The van der Waals surface area contributed by atoms with Gasteiger partial charge >= 0.3 is 0 Å². The lowest BCUT2D eigenvalue weighted by atomic mass is 10.0. The molecule has 3 rings (SSSR count). The Morgan fingerprint density at radius 3 is 2.34 bits per heavy atom. The van der Waals surface area contributed by atoms with Crippen LogP contribution in [0, 0.1) is 17.1 Å². The van der Waals surface area contributed by atoms with Crippen molar-refractivity contribution in [2.24, 2.45) is 0 Å². The number of rotatable bonds is 8. The third-order valence-corrected chi connectivity index (χ3v) is 5.30. The molecule has 0 aromatic heterocycles. The molecule has 0 radical (unpaired) electrons. The maximum atomic E-state index is 13.9. The summed E-state index contributed by atoms with van der Waals surface area (Å²) in [6, 6.07) is 17.5. The second-order valence-electron chi connectivity index (χ2n) is 6.65. The van der Waals surface area contributed by atoms with Gasteiger partial charge in [0, 0.05) is 5.56 Å². The average molecular weight is 498 g/mol. The van der Waals surface area contributed by atoms with Crippen LogP contribution in [0.25, 0.3) is 11.6 Å². The molecule has 164 valence electrons. The highest BCUT2D eigenvalue weighted by molar-refractivity contribution is 9.10. The number of benzene rings is 3. The summed E-state index contributed by atoms with van der Waals surface area (Å²) in [6.07, 6.45) is 1.73. The van der Waals surface area contributed by atoms with E-state index >= 15 is 0 Å². The second-order valence-corrected chi connectivity index (χ2v) is 7.51. The van der Waals surface area contributed by atoms with E-state index in [9.17, 15) is 9.65 Å². The van der Waals surface area contributed by atoms with E-state index in [1.54, 1.807) is 68.8 Å². The summed E-state index contributed by atoms with van der Waals surface area (Å²) in [5.41, 5.74) is 2.27. The molecule has 0 aliphatic rings. The number of nitriles is 1. The monoisotopic (exact) mass is 497 g/mol. The molecule has 0 heterocycles. The Kier molecular flexibility index (Phi) is 7.74. The lowest BCUT2D eigenvalue weighted by molar-refractivity contribution is 0.278. The van der Waals surface area contributed by atoms with Gasteiger partial charge in [0.2, 0.25) is 0 Å². The molecule has 0 saturated carbocycles. The fourth-order valence-corrected chi connectivity index (χ4v) is 3.65. The number of allylic oxidation sites excluding steroid dienone is 1. The first kappa shape index (κ1) is 23.2. The first-order valence-electron chi connectivity index (χ1n) is 9.58. The normalized spacial score (nSPS) is 10.9. The molecule has 32 heavy (non-hydrogen) atoms. The van der Waals surface area contributed by atoms with Gasteiger partial charge in [0.05, 0.1) is 37.4 Å². The van der Waals surface area contributed by atoms with Gasteiger partial charge in [0.25, 0.3) is 0 Å². The fraction of sp³-hybridized carbons (Fsp3) is 0.160. The molecular weight excluding hydrogens is 477 g/mol. The molecule has 3 aromatic carbocycles. The van der Waals surface area contributed by atoms with Crippen molar-refractivity contribution >= 4 is 27.6 Å². The van der Waals surface area contributed by atoms with Crippen LogP contribution in [0.2, 0.25) is 0 Å². The minimum absolute atomic E-state index is 0.0475. The Labute approximate surface area is 194 Å². The predicted molar refractivity (Wildman–Crippen MR) is 124 cm³/mol. The van der Waals surface area contributed by atoms with Gasteiger partial charge in [-0.3, -0.25) is 0 Å². The third-order valence-electron chi connectivity index (χ3n) is 4.71. The number of nitrogens with zero attached hydrogens (tertiary/aromatic N) is 1. The summed E-state index contributed by atoms with van der Waals surface area (Å²) in [5.74, 6) is 1.66. The van der Waals surface area contributed by atoms with Crippen molar-refractivity contribution in [1.29, 1.82) is 5.26 Å². The Morgan fingerprint density at radius 1 is 0.969 bits per heavy atom. The van der Waals surface area contributed by atoms with E-state index in [2.05, 4.69) is 22.0 Å². The van der Waals surface area contributed by atoms with E-state index in [0.717, 1.165) is 5.56 Å². The molecule has 3 aromatic rings. The molecule has 0 saturated heterocycles. The summed E-state index contributed by atoms with van der Waals surface area (Å²) < 4.78 is 36.4. The molecule has 5 nitrogen and oxygen atoms in total. The van der Waals surface area contributed by atoms with Crippen molar-refractivity contribution in [2.45, 2.75) is 6.61 Å². The molecule has 0 amide bonds. The van der Waals surface area contributed by atoms with Gasteiger partial charge in [0.15, 0.2) is 23.0 Å². The van der Waals surface area contributed by atoms with E-state index < -0.39 is 0 Å². The molecule has 0 aliphatic heterocycles. The highest BCUT2D eigenvalue weighted by Gasteiger charge is 2.14. The highest BCUT2D eigenvalue weighted by Crippen LogP contribution is 2.38. The maximum absolute atomic E-state index is 13.9. The van der Waals surface area contributed by atoms with Crippen LogP contribution < -0.4 is 18.9 Å². The van der Waals surface area contributed by atoms with E-state index in [1.165, 1.54) is 13.2 Å². The van der Waals surface area contributed by atoms with Gasteiger partial charge in [0.1, 0.15) is 12.4 Å². The SMILES string of the molecule is COc1ccc(/C(C#N)=C/c2cc(Br)c(OCc3ccccc3F)c(OC)c2)cc1OC. The summed E-state index contributed by atoms with van der Waals surface area (Å²) in [5, 5.41) is 9.72. The Morgan fingerprint density at radius 2 is 1.69 bits per heavy atom. The van der Waals surface area contributed by atoms with Crippen LogP contribution in [0.5, 0.6) is 23.0 Å². The smallest absolute Gasteiger partial charge is 0.175 e. The van der Waals surface area contributed by atoms with Gasteiger partial charge in [-0.2, -0.15) is 5.26 Å². The van der Waals surface area contributed by atoms with Crippen LogP contribution in [-0.4, -0.2) is 21.3 Å². The van der Waals surface area contributed by atoms with Crippen LogP contribution >= 0.6 is 15.9 Å². The molecule has 0 bridgehead atoms. The van der Waals surface area contributed by atoms with Crippen molar-refractivity contribution in [3.63, 3.8) is 0 Å². The van der Waals surface area contributed by atoms with Crippen molar-refractivity contribution in [3.8, 4) is 29.1 Å². The summed E-state index contributed by atoms with van der Waals surface area (Å²) >= 11 is 3.49. The molecule has 0 fully saturated rings. The summed E-state index contributed by atoms with van der Waals surface area (Å²) in [6.45, 7) is 0.0475. The van der Waals surface area contributed by atoms with E-state index in [1.807, 2.05) is 0 Å². The number of methoxy groups -OCH3 is 3. The van der Waals surface area contributed by atoms with Crippen LogP contribution in [0.15, 0.2) is 59.1 Å². The Bertz CT molecular complexity index is 1190. The predicted octanol–water partition coefficient (Wildman–Crippen LogP) is 6.26. The zero-order valence-corrected chi connectivity index (χ0v) is 19.4. The fourth-order valence-electron chi connectivity index (χ4n) is 3.08. The lowest BCUT2D eigenvalue weighted by Crippen LogP contribution is -2.01. The molecule has 0 spiro atoms. The maximum Gasteiger partial charge on any atom is 0.175 e. The average Bonchev–Trinajstić information content (AvgIpc) is 2.82. The standard InChI is InChI=1S/C25H21BrFNO4/c1-29-22-9-8-17(13-23(22)30-2)19(14-28)10-16-11-20(26)25(24(12-16)31-3)32-15-18-6-4-5-7-21(18)27/h4-13H,15H2,1-3H3/b19-10+. The lowest BCUT2D eigenvalue weighted by Gasteiger charge is -2.14. The van der Waals surface area contributed by atoms with Crippen molar-refractivity contribution in [3.05, 3.63) is 81.6 Å². The molecule has 0 atom stereocenters. The quantitative estimate of drug-likeness (QED) is 0.271. The highest BCUT2D eigenvalue weighted by atomic mass is 79.9. The van der Waals surface area contributed by atoms with Gasteiger partial charge in [-0.05, 0) is 69.5 Å². The number of halogens is 2. The van der Waals surface area contributed by atoms with E-state index in [-0.39, 0.29) is 12.4 Å².